The van der Waals surface area contributed by atoms with E-state index >= 15 is 0 Å². The van der Waals surface area contributed by atoms with E-state index in [1.807, 2.05) is 34.1 Å². The molecule has 5 nitrogen and oxygen atoms in total. The van der Waals surface area contributed by atoms with Gasteiger partial charge in [0.15, 0.2) is 0 Å². The lowest BCUT2D eigenvalue weighted by Gasteiger charge is -2.23. The fourth-order valence-electron chi connectivity index (χ4n) is 3.91. The van der Waals surface area contributed by atoms with Crippen LogP contribution in [0, 0.1) is 13.8 Å². The second-order valence-electron chi connectivity index (χ2n) is 7.53. The molecule has 1 aliphatic rings. The predicted molar refractivity (Wildman–Crippen MR) is 108 cm³/mol. The summed E-state index contributed by atoms with van der Waals surface area (Å²) in [7, 11) is 0. The molecule has 27 heavy (non-hydrogen) atoms. The second kappa shape index (κ2) is 6.80. The highest BCUT2D eigenvalue weighted by Gasteiger charge is 2.28. The van der Waals surface area contributed by atoms with E-state index in [-0.39, 0.29) is 5.91 Å². The van der Waals surface area contributed by atoms with Gasteiger partial charge >= 0.3 is 0 Å². The molecule has 4 rings (SSSR count). The van der Waals surface area contributed by atoms with Crippen molar-refractivity contribution in [2.75, 3.05) is 6.54 Å². The van der Waals surface area contributed by atoms with Crippen LogP contribution in [0.3, 0.4) is 0 Å². The molecule has 3 aromatic rings. The Labute approximate surface area is 160 Å². The number of aryl methyl sites for hydroxylation is 3. The average Bonchev–Trinajstić information content (AvgIpc) is 3.32. The van der Waals surface area contributed by atoms with Crippen LogP contribution in [0.2, 0.25) is 0 Å². The van der Waals surface area contributed by atoms with Gasteiger partial charge in [-0.3, -0.25) is 9.48 Å². The van der Waals surface area contributed by atoms with Crippen molar-refractivity contribution in [1.29, 1.82) is 0 Å². The molecule has 1 fully saturated rings. The van der Waals surface area contributed by atoms with Gasteiger partial charge < -0.3 is 4.90 Å². The lowest BCUT2D eigenvalue weighted by atomic mass is 9.99. The molecule has 1 aliphatic heterocycles. The minimum absolute atomic E-state index is 0.111. The van der Waals surface area contributed by atoms with Crippen LogP contribution in [0.4, 0.5) is 0 Å². The van der Waals surface area contributed by atoms with Gasteiger partial charge in [0.2, 0.25) is 0 Å². The van der Waals surface area contributed by atoms with Crippen molar-refractivity contribution in [2.24, 2.45) is 0 Å². The number of nitrogens with zero attached hydrogens (tertiary/aromatic N) is 4. The molecule has 0 N–H and O–H groups in total. The first-order valence-corrected chi connectivity index (χ1v) is 9.74. The first-order valence-electron chi connectivity index (χ1n) is 9.74. The topological polar surface area (TPSA) is 51.0 Å². The van der Waals surface area contributed by atoms with Gasteiger partial charge in [0, 0.05) is 36.3 Å². The van der Waals surface area contributed by atoms with E-state index in [0.29, 0.717) is 6.04 Å². The molecule has 3 heterocycles. The molecule has 1 unspecified atom stereocenters. The molecule has 0 aliphatic carbocycles. The maximum absolute atomic E-state index is 13.4. The molecule has 1 saturated heterocycles. The Kier molecular flexibility index (Phi) is 4.46. The van der Waals surface area contributed by atoms with Gasteiger partial charge in [0.1, 0.15) is 0 Å². The summed E-state index contributed by atoms with van der Waals surface area (Å²) < 4.78 is 1.88. The van der Waals surface area contributed by atoms with Gasteiger partial charge in [-0.05, 0) is 57.7 Å². The van der Waals surface area contributed by atoms with E-state index in [9.17, 15) is 4.79 Å². The van der Waals surface area contributed by atoms with Crippen molar-refractivity contribution in [2.45, 2.75) is 53.1 Å². The largest absolute Gasteiger partial charge is 0.336 e. The summed E-state index contributed by atoms with van der Waals surface area (Å²) in [5, 5.41) is 5.32. The standard InChI is InChI=1S/C22H26N4O/c1-5-25-13-17(12-23-25)20-11-19(22(27)26-10-6-7-15(26)3)18-9-8-14(2)16(4)21(18)24-20/h8-9,11-13,15H,5-7,10H2,1-4H3. The molecule has 140 valence electrons. The molecule has 5 heteroatoms. The van der Waals surface area contributed by atoms with E-state index in [0.717, 1.165) is 59.2 Å². The Morgan fingerprint density at radius 3 is 2.78 bits per heavy atom. The van der Waals surface area contributed by atoms with Crippen molar-refractivity contribution >= 4 is 16.8 Å². The van der Waals surface area contributed by atoms with Gasteiger partial charge in [-0.2, -0.15) is 5.10 Å². The summed E-state index contributed by atoms with van der Waals surface area (Å²) in [5.41, 5.74) is 5.72. The van der Waals surface area contributed by atoms with Crippen molar-refractivity contribution in [3.63, 3.8) is 0 Å². The van der Waals surface area contributed by atoms with Crippen LogP contribution >= 0.6 is 0 Å². The lowest BCUT2D eigenvalue weighted by Crippen LogP contribution is -2.33. The first kappa shape index (κ1) is 17.7. The number of carbonyl (C=O) groups is 1. The van der Waals surface area contributed by atoms with Crippen LogP contribution in [-0.4, -0.2) is 38.2 Å². The second-order valence-corrected chi connectivity index (χ2v) is 7.53. The number of hydrogen-bond donors (Lipinski definition) is 0. The van der Waals surface area contributed by atoms with E-state index < -0.39 is 0 Å². The summed E-state index contributed by atoms with van der Waals surface area (Å²) in [5.74, 6) is 0.111. The quantitative estimate of drug-likeness (QED) is 0.696. The third-order valence-corrected chi connectivity index (χ3v) is 5.80. The molecule has 1 atom stereocenters. The van der Waals surface area contributed by atoms with Gasteiger partial charge in [-0.1, -0.05) is 12.1 Å². The molecular weight excluding hydrogens is 336 g/mol. The number of hydrogen-bond acceptors (Lipinski definition) is 3. The third-order valence-electron chi connectivity index (χ3n) is 5.80. The lowest BCUT2D eigenvalue weighted by molar-refractivity contribution is 0.0749. The summed E-state index contributed by atoms with van der Waals surface area (Å²) in [4.78, 5) is 20.3. The molecule has 0 radical (unpaired) electrons. The predicted octanol–water partition coefficient (Wildman–Crippen LogP) is 4.36. The number of rotatable bonds is 3. The minimum Gasteiger partial charge on any atom is -0.336 e. The Morgan fingerprint density at radius 2 is 2.11 bits per heavy atom. The van der Waals surface area contributed by atoms with Crippen LogP contribution < -0.4 is 0 Å². The van der Waals surface area contributed by atoms with Gasteiger partial charge in [0.25, 0.3) is 5.91 Å². The summed E-state index contributed by atoms with van der Waals surface area (Å²) in [6.45, 7) is 10.00. The smallest absolute Gasteiger partial charge is 0.254 e. The normalized spacial score (nSPS) is 17.0. The summed E-state index contributed by atoms with van der Waals surface area (Å²) >= 11 is 0. The summed E-state index contributed by atoms with van der Waals surface area (Å²) in [6, 6.07) is 6.36. The highest BCUT2D eigenvalue weighted by molar-refractivity contribution is 6.08. The Hall–Kier alpha value is -2.69. The number of amides is 1. The first-order chi connectivity index (χ1) is 13.0. The van der Waals surface area contributed by atoms with Gasteiger partial charge in [0.05, 0.1) is 23.0 Å². The van der Waals surface area contributed by atoms with Crippen LogP contribution in [0.5, 0.6) is 0 Å². The number of pyridine rings is 1. The van der Waals surface area contributed by atoms with Crippen LogP contribution in [0.15, 0.2) is 30.6 Å². The zero-order valence-corrected chi connectivity index (χ0v) is 16.5. The third kappa shape index (κ3) is 3.01. The number of fused-ring (bicyclic) bond motifs is 1. The van der Waals surface area contributed by atoms with Crippen LogP contribution in [-0.2, 0) is 6.54 Å². The monoisotopic (exact) mass is 362 g/mol. The Morgan fingerprint density at radius 1 is 1.30 bits per heavy atom. The van der Waals surface area contributed by atoms with Crippen LogP contribution in [0.1, 0.15) is 48.2 Å². The van der Waals surface area contributed by atoms with E-state index in [2.05, 4.69) is 38.9 Å². The van der Waals surface area contributed by atoms with Crippen molar-refractivity contribution in [3.05, 3.63) is 47.3 Å². The van der Waals surface area contributed by atoms with E-state index in [1.54, 1.807) is 0 Å². The number of carbonyl (C=O) groups excluding carboxylic acids is 1. The van der Waals surface area contributed by atoms with Crippen molar-refractivity contribution in [1.82, 2.24) is 19.7 Å². The molecule has 2 aromatic heterocycles. The molecule has 0 saturated carbocycles. The molecular formula is C22H26N4O. The minimum atomic E-state index is 0.111. The number of aromatic nitrogens is 3. The number of benzene rings is 1. The van der Waals surface area contributed by atoms with E-state index in [1.165, 1.54) is 5.56 Å². The van der Waals surface area contributed by atoms with Crippen LogP contribution in [0.25, 0.3) is 22.2 Å². The Balaban J connectivity index is 1.92. The zero-order valence-electron chi connectivity index (χ0n) is 16.5. The fourth-order valence-corrected chi connectivity index (χ4v) is 3.91. The molecule has 0 bridgehead atoms. The fraction of sp³-hybridized carbons (Fsp3) is 0.409. The van der Waals surface area contributed by atoms with Crippen molar-refractivity contribution < 1.29 is 4.79 Å². The molecule has 0 spiro atoms. The Bertz CT molecular complexity index is 1020. The van der Waals surface area contributed by atoms with Crippen molar-refractivity contribution in [3.8, 4) is 11.3 Å². The highest BCUT2D eigenvalue weighted by Crippen LogP contribution is 2.30. The van der Waals surface area contributed by atoms with E-state index in [4.69, 9.17) is 4.98 Å². The SMILES string of the molecule is CCn1cc(-c2cc(C(=O)N3CCCC3C)c3ccc(C)c(C)c3n2)cn1. The molecule has 1 aromatic carbocycles. The highest BCUT2D eigenvalue weighted by atomic mass is 16.2. The van der Waals surface area contributed by atoms with Gasteiger partial charge in [-0.15, -0.1) is 0 Å². The zero-order chi connectivity index (χ0) is 19.1. The maximum Gasteiger partial charge on any atom is 0.254 e. The number of likely N-dealkylation sites (tertiary alicyclic amines) is 1. The molecule has 1 amide bonds. The summed E-state index contributed by atoms with van der Waals surface area (Å²) in [6.07, 6.45) is 5.97. The maximum atomic E-state index is 13.4. The average molecular weight is 362 g/mol. The van der Waals surface area contributed by atoms with Gasteiger partial charge in [-0.25, -0.2) is 4.98 Å².